The third-order valence-electron chi connectivity index (χ3n) is 5.69. The van der Waals surface area contributed by atoms with Crippen LogP contribution in [0.2, 0.25) is 0 Å². The van der Waals surface area contributed by atoms with Crippen LogP contribution in [-0.2, 0) is 21.2 Å². The maximum absolute atomic E-state index is 14.4. The number of hydrogen-bond acceptors (Lipinski definition) is 6. The number of aromatic amines is 1. The molecule has 0 aliphatic rings. The highest BCUT2D eigenvalue weighted by Crippen LogP contribution is 2.30. The van der Waals surface area contributed by atoms with Crippen LogP contribution in [-0.4, -0.2) is 41.5 Å². The number of aromatic nitrogens is 4. The van der Waals surface area contributed by atoms with Crippen molar-refractivity contribution in [3.05, 3.63) is 83.7 Å². The molecule has 0 saturated carbocycles. The number of nitrogens with zero attached hydrogens (tertiary/aromatic N) is 3. The Morgan fingerprint density at radius 1 is 1.06 bits per heavy atom. The molecular formula is C25H25FN6O3S. The molecule has 0 spiro atoms. The van der Waals surface area contributed by atoms with Crippen LogP contribution >= 0.6 is 0 Å². The monoisotopic (exact) mass is 508 g/mol. The third kappa shape index (κ3) is 5.99. The van der Waals surface area contributed by atoms with Gasteiger partial charge in [0.2, 0.25) is 21.8 Å². The number of halogens is 1. The van der Waals surface area contributed by atoms with Crippen molar-refractivity contribution in [3.63, 3.8) is 0 Å². The average molecular weight is 509 g/mol. The molecule has 0 aliphatic carbocycles. The molecule has 4 rings (SSSR count). The molecular weight excluding hydrogens is 483 g/mol. The highest BCUT2D eigenvalue weighted by molar-refractivity contribution is 7.89. The summed E-state index contributed by atoms with van der Waals surface area (Å²) in [6.07, 6.45) is 0.467. The van der Waals surface area contributed by atoms with Crippen LogP contribution in [0, 0.1) is 5.82 Å². The Morgan fingerprint density at radius 3 is 2.50 bits per heavy atom. The summed E-state index contributed by atoms with van der Waals surface area (Å²) in [7, 11) is -3.57. The van der Waals surface area contributed by atoms with E-state index in [0.717, 1.165) is 16.7 Å². The summed E-state index contributed by atoms with van der Waals surface area (Å²) in [5, 5.41) is 13.6. The number of benzene rings is 3. The van der Waals surface area contributed by atoms with Gasteiger partial charge in [-0.25, -0.2) is 17.5 Å². The second kappa shape index (κ2) is 10.8. The molecule has 1 amide bonds. The summed E-state index contributed by atoms with van der Waals surface area (Å²) in [4.78, 5) is 12.0. The molecule has 0 fully saturated rings. The third-order valence-corrected chi connectivity index (χ3v) is 7.23. The SMILES string of the molecule is CCNS(=O)(=O)c1cccc(-c2ccc(CC(CC(N)=O)c3cc(F)cc(-c4nn[nH]n4)c3)cc2)c1. The maximum Gasteiger partial charge on any atom is 0.240 e. The molecule has 11 heteroatoms. The fourth-order valence-electron chi connectivity index (χ4n) is 4.05. The van der Waals surface area contributed by atoms with Gasteiger partial charge in [0, 0.05) is 18.5 Å². The Hall–Kier alpha value is -3.96. The van der Waals surface area contributed by atoms with Gasteiger partial charge in [0.25, 0.3) is 0 Å². The van der Waals surface area contributed by atoms with Crippen LogP contribution < -0.4 is 10.5 Å². The standard InChI is InChI=1S/C25H25FN6O3S/c1-2-28-36(34,35)23-5-3-4-18(14-23)17-8-6-16(7-9-17)10-19(15-24(27)33)20-11-21(13-22(26)12-20)25-29-31-32-30-25/h3-9,11-14,19,28H,2,10,15H2,1H3,(H2,27,33)(H,29,30,31,32). The van der Waals surface area contributed by atoms with E-state index in [-0.39, 0.29) is 23.1 Å². The number of rotatable bonds is 10. The minimum absolute atomic E-state index is 0.0290. The van der Waals surface area contributed by atoms with Crippen LogP contribution in [0.5, 0.6) is 0 Å². The van der Waals surface area contributed by atoms with E-state index in [0.29, 0.717) is 24.1 Å². The number of amides is 1. The molecule has 1 atom stereocenters. The molecule has 1 heterocycles. The Labute approximate surface area is 208 Å². The number of sulfonamides is 1. The number of hydrogen-bond donors (Lipinski definition) is 3. The van der Waals surface area contributed by atoms with Crippen LogP contribution in [0.4, 0.5) is 4.39 Å². The topological polar surface area (TPSA) is 144 Å². The maximum atomic E-state index is 14.4. The van der Waals surface area contributed by atoms with Gasteiger partial charge in [0.15, 0.2) is 0 Å². The highest BCUT2D eigenvalue weighted by Gasteiger charge is 2.19. The lowest BCUT2D eigenvalue weighted by atomic mass is 9.87. The van der Waals surface area contributed by atoms with E-state index in [1.54, 1.807) is 31.2 Å². The van der Waals surface area contributed by atoms with Crippen molar-refractivity contribution in [2.24, 2.45) is 5.73 Å². The minimum atomic E-state index is -3.57. The summed E-state index contributed by atoms with van der Waals surface area (Å²) in [6.45, 7) is 2.02. The minimum Gasteiger partial charge on any atom is -0.370 e. The van der Waals surface area contributed by atoms with Gasteiger partial charge >= 0.3 is 0 Å². The Balaban J connectivity index is 1.59. The fourth-order valence-corrected chi connectivity index (χ4v) is 5.13. The van der Waals surface area contributed by atoms with Crippen molar-refractivity contribution >= 4 is 15.9 Å². The first-order valence-electron chi connectivity index (χ1n) is 11.3. The second-order valence-electron chi connectivity index (χ2n) is 8.31. The largest absolute Gasteiger partial charge is 0.370 e. The molecule has 4 aromatic rings. The van der Waals surface area contributed by atoms with Gasteiger partial charge in [-0.05, 0) is 70.1 Å². The normalized spacial score (nSPS) is 12.4. The Morgan fingerprint density at radius 2 is 1.83 bits per heavy atom. The molecule has 3 aromatic carbocycles. The number of H-pyrrole nitrogens is 1. The lowest BCUT2D eigenvalue weighted by Crippen LogP contribution is -2.23. The van der Waals surface area contributed by atoms with Crippen molar-refractivity contribution in [1.82, 2.24) is 25.3 Å². The van der Waals surface area contributed by atoms with Crippen molar-refractivity contribution < 1.29 is 17.6 Å². The number of primary amides is 1. The van der Waals surface area contributed by atoms with Crippen LogP contribution in [0.1, 0.15) is 30.4 Å². The van der Waals surface area contributed by atoms with Gasteiger partial charge in [-0.2, -0.15) is 5.21 Å². The van der Waals surface area contributed by atoms with Gasteiger partial charge in [0.05, 0.1) is 4.90 Å². The molecule has 1 unspecified atom stereocenters. The van der Waals surface area contributed by atoms with E-state index < -0.39 is 21.7 Å². The van der Waals surface area contributed by atoms with Crippen molar-refractivity contribution in [2.45, 2.75) is 30.6 Å². The van der Waals surface area contributed by atoms with Gasteiger partial charge in [-0.3, -0.25) is 4.79 Å². The van der Waals surface area contributed by atoms with E-state index in [9.17, 15) is 17.6 Å². The van der Waals surface area contributed by atoms with E-state index in [4.69, 9.17) is 5.73 Å². The summed E-state index contributed by atoms with van der Waals surface area (Å²) in [5.41, 5.74) is 9.04. The molecule has 0 saturated heterocycles. The van der Waals surface area contributed by atoms with E-state index >= 15 is 0 Å². The Kier molecular flexibility index (Phi) is 7.51. The number of nitrogens with two attached hydrogens (primary N) is 1. The summed E-state index contributed by atoms with van der Waals surface area (Å²) < 4.78 is 41.6. The van der Waals surface area contributed by atoms with E-state index in [1.165, 1.54) is 12.1 Å². The molecule has 186 valence electrons. The number of carbonyl (C=O) groups excluding carboxylic acids is 1. The zero-order valence-corrected chi connectivity index (χ0v) is 20.3. The second-order valence-corrected chi connectivity index (χ2v) is 10.1. The summed E-state index contributed by atoms with van der Waals surface area (Å²) >= 11 is 0. The summed E-state index contributed by atoms with van der Waals surface area (Å²) in [5.74, 6) is -1.11. The van der Waals surface area contributed by atoms with Gasteiger partial charge < -0.3 is 5.73 Å². The number of nitrogens with one attached hydrogen (secondary N) is 2. The molecule has 9 nitrogen and oxygen atoms in total. The molecule has 36 heavy (non-hydrogen) atoms. The predicted molar refractivity (Wildman–Crippen MR) is 133 cm³/mol. The molecule has 1 aromatic heterocycles. The van der Waals surface area contributed by atoms with Crippen molar-refractivity contribution in [3.8, 4) is 22.5 Å². The summed E-state index contributed by atoms with van der Waals surface area (Å²) in [6, 6.07) is 18.7. The first-order chi connectivity index (χ1) is 17.2. The Bertz CT molecular complexity index is 1460. The number of carbonyl (C=O) groups is 1. The predicted octanol–water partition coefficient (Wildman–Crippen LogP) is 3.17. The molecule has 0 radical (unpaired) electrons. The fraction of sp³-hybridized carbons (Fsp3) is 0.200. The first kappa shape index (κ1) is 25.1. The quantitative estimate of drug-likeness (QED) is 0.300. The zero-order valence-electron chi connectivity index (χ0n) is 19.5. The van der Waals surface area contributed by atoms with Gasteiger partial charge in [-0.15, -0.1) is 10.2 Å². The van der Waals surface area contributed by atoms with Crippen LogP contribution in [0.15, 0.2) is 71.6 Å². The van der Waals surface area contributed by atoms with E-state index in [1.807, 2.05) is 30.3 Å². The van der Waals surface area contributed by atoms with Crippen molar-refractivity contribution in [1.29, 1.82) is 0 Å². The van der Waals surface area contributed by atoms with E-state index in [2.05, 4.69) is 25.3 Å². The van der Waals surface area contributed by atoms with Crippen LogP contribution in [0.3, 0.4) is 0 Å². The van der Waals surface area contributed by atoms with Crippen LogP contribution in [0.25, 0.3) is 22.5 Å². The molecule has 0 bridgehead atoms. The molecule has 4 N–H and O–H groups in total. The average Bonchev–Trinajstić information content (AvgIpc) is 3.39. The highest BCUT2D eigenvalue weighted by atomic mass is 32.2. The smallest absolute Gasteiger partial charge is 0.240 e. The van der Waals surface area contributed by atoms with Gasteiger partial charge in [-0.1, -0.05) is 43.3 Å². The lowest BCUT2D eigenvalue weighted by molar-refractivity contribution is -0.118. The first-order valence-corrected chi connectivity index (χ1v) is 12.7. The van der Waals surface area contributed by atoms with Gasteiger partial charge in [0.1, 0.15) is 5.82 Å². The number of tetrazole rings is 1. The lowest BCUT2D eigenvalue weighted by Gasteiger charge is -2.17. The zero-order chi connectivity index (χ0) is 25.7. The molecule has 0 aliphatic heterocycles. The van der Waals surface area contributed by atoms with Crippen molar-refractivity contribution in [2.75, 3.05) is 6.54 Å².